The third kappa shape index (κ3) is 8.18. The van der Waals surface area contributed by atoms with Crippen LogP contribution in [0.5, 0.6) is 0 Å². The molecular formula is C21H28BrIN4O. The lowest BCUT2D eigenvalue weighted by Gasteiger charge is -2.13. The molecule has 0 aliphatic heterocycles. The molecule has 0 saturated heterocycles. The van der Waals surface area contributed by atoms with Crippen LogP contribution in [0, 0.1) is 0 Å². The van der Waals surface area contributed by atoms with E-state index in [1.165, 1.54) is 5.56 Å². The first-order valence-corrected chi connectivity index (χ1v) is 9.78. The number of nitrogens with one attached hydrogen (secondary N) is 2. The Labute approximate surface area is 193 Å². The van der Waals surface area contributed by atoms with E-state index in [9.17, 15) is 4.79 Å². The molecule has 5 nitrogen and oxygen atoms in total. The number of aliphatic imine (C=N–C) groups is 1. The lowest BCUT2D eigenvalue weighted by molar-refractivity contribution is 0.0827. The van der Waals surface area contributed by atoms with Crippen LogP contribution in [0.15, 0.2) is 58.0 Å². The van der Waals surface area contributed by atoms with Crippen molar-refractivity contribution in [3.8, 4) is 0 Å². The molecular weight excluding hydrogens is 531 g/mol. The average molecular weight is 559 g/mol. The van der Waals surface area contributed by atoms with E-state index in [1.54, 1.807) is 26.0 Å². The van der Waals surface area contributed by atoms with Crippen LogP contribution in [-0.4, -0.2) is 44.5 Å². The van der Waals surface area contributed by atoms with E-state index in [-0.39, 0.29) is 29.9 Å². The number of amides is 1. The number of guanidine groups is 1. The van der Waals surface area contributed by atoms with Crippen molar-refractivity contribution >= 4 is 51.8 Å². The standard InChI is InChI=1S/C21H27BrN4O.HI/c1-23-21(24-13-5-7-16-6-4-8-19(22)14-16)25-15-17-9-11-18(12-10-17)20(27)26(2)3;/h4,6,8-12,14H,5,7,13,15H2,1-3H3,(H2,23,24,25);1H. The summed E-state index contributed by atoms with van der Waals surface area (Å²) in [5.74, 6) is 0.787. The minimum Gasteiger partial charge on any atom is -0.356 e. The highest BCUT2D eigenvalue weighted by atomic mass is 127. The van der Waals surface area contributed by atoms with Crippen LogP contribution < -0.4 is 10.6 Å². The van der Waals surface area contributed by atoms with Gasteiger partial charge in [0.15, 0.2) is 5.96 Å². The number of benzene rings is 2. The Kier molecular flexibility index (Phi) is 11.1. The van der Waals surface area contributed by atoms with Gasteiger partial charge < -0.3 is 15.5 Å². The highest BCUT2D eigenvalue weighted by molar-refractivity contribution is 14.0. The Morgan fingerprint density at radius 2 is 1.79 bits per heavy atom. The maximum absolute atomic E-state index is 11.9. The van der Waals surface area contributed by atoms with Gasteiger partial charge in [-0.25, -0.2) is 0 Å². The quantitative estimate of drug-likeness (QED) is 0.233. The fraction of sp³-hybridized carbons (Fsp3) is 0.333. The van der Waals surface area contributed by atoms with Gasteiger partial charge in [-0.2, -0.15) is 0 Å². The fourth-order valence-electron chi connectivity index (χ4n) is 2.62. The van der Waals surface area contributed by atoms with Gasteiger partial charge in [-0.3, -0.25) is 9.79 Å². The number of rotatable bonds is 7. The van der Waals surface area contributed by atoms with Gasteiger partial charge in [0.25, 0.3) is 5.91 Å². The van der Waals surface area contributed by atoms with Gasteiger partial charge >= 0.3 is 0 Å². The Hall–Kier alpha value is -1.61. The smallest absolute Gasteiger partial charge is 0.253 e. The summed E-state index contributed by atoms with van der Waals surface area (Å²) in [6, 6.07) is 16.0. The molecule has 0 spiro atoms. The summed E-state index contributed by atoms with van der Waals surface area (Å²) in [4.78, 5) is 17.7. The molecule has 2 aromatic carbocycles. The molecule has 152 valence electrons. The first kappa shape index (κ1) is 24.4. The number of nitrogens with zero attached hydrogens (tertiary/aromatic N) is 2. The third-order valence-electron chi connectivity index (χ3n) is 4.11. The van der Waals surface area contributed by atoms with Crippen molar-refractivity contribution in [2.45, 2.75) is 19.4 Å². The lowest BCUT2D eigenvalue weighted by Crippen LogP contribution is -2.37. The zero-order valence-corrected chi connectivity index (χ0v) is 20.5. The maximum atomic E-state index is 11.9. The summed E-state index contributed by atoms with van der Waals surface area (Å²) in [7, 11) is 5.27. The monoisotopic (exact) mass is 558 g/mol. The molecule has 0 aliphatic rings. The van der Waals surface area contributed by atoms with E-state index in [2.05, 4.69) is 49.8 Å². The first-order valence-electron chi connectivity index (χ1n) is 8.99. The van der Waals surface area contributed by atoms with E-state index < -0.39 is 0 Å². The SMILES string of the molecule is CN=C(NCCCc1cccc(Br)c1)NCc1ccc(C(=O)N(C)C)cc1.I. The second-order valence-corrected chi connectivity index (χ2v) is 7.40. The lowest BCUT2D eigenvalue weighted by atomic mass is 10.1. The predicted octanol–water partition coefficient (Wildman–Crippen LogP) is 4.07. The molecule has 2 rings (SSSR count). The van der Waals surface area contributed by atoms with Gasteiger partial charge in [-0.1, -0.05) is 40.2 Å². The van der Waals surface area contributed by atoms with Crippen molar-refractivity contribution in [1.29, 1.82) is 0 Å². The van der Waals surface area contributed by atoms with E-state index >= 15 is 0 Å². The van der Waals surface area contributed by atoms with Crippen molar-refractivity contribution in [3.05, 3.63) is 69.7 Å². The molecule has 0 aliphatic carbocycles. The molecule has 1 amide bonds. The summed E-state index contributed by atoms with van der Waals surface area (Å²) in [6.45, 7) is 1.50. The maximum Gasteiger partial charge on any atom is 0.253 e. The highest BCUT2D eigenvalue weighted by Gasteiger charge is 2.07. The highest BCUT2D eigenvalue weighted by Crippen LogP contribution is 2.12. The topological polar surface area (TPSA) is 56.7 Å². The molecule has 0 saturated carbocycles. The van der Waals surface area contributed by atoms with Crippen LogP contribution in [-0.2, 0) is 13.0 Å². The predicted molar refractivity (Wildman–Crippen MR) is 131 cm³/mol. The molecule has 0 radical (unpaired) electrons. The number of aryl methyl sites for hydroxylation is 1. The molecule has 28 heavy (non-hydrogen) atoms. The van der Waals surface area contributed by atoms with Gasteiger partial charge in [0.1, 0.15) is 0 Å². The molecule has 0 atom stereocenters. The molecule has 2 N–H and O–H groups in total. The van der Waals surface area contributed by atoms with Crippen LogP contribution in [0.1, 0.15) is 27.9 Å². The van der Waals surface area contributed by atoms with Crippen LogP contribution in [0.4, 0.5) is 0 Å². The van der Waals surface area contributed by atoms with Gasteiger partial charge in [0.05, 0.1) is 0 Å². The minimum absolute atomic E-state index is 0. The third-order valence-corrected chi connectivity index (χ3v) is 4.61. The normalized spacial score (nSPS) is 10.8. The average Bonchev–Trinajstić information content (AvgIpc) is 2.67. The molecule has 0 bridgehead atoms. The molecule has 7 heteroatoms. The van der Waals surface area contributed by atoms with E-state index in [0.29, 0.717) is 12.1 Å². The first-order chi connectivity index (χ1) is 13.0. The molecule has 0 fully saturated rings. The van der Waals surface area contributed by atoms with E-state index in [1.807, 2.05) is 30.3 Å². The second kappa shape index (κ2) is 12.8. The molecule has 2 aromatic rings. The minimum atomic E-state index is 0. The number of halogens is 2. The van der Waals surface area contributed by atoms with Crippen molar-refractivity contribution in [1.82, 2.24) is 15.5 Å². The number of carbonyl (C=O) groups excluding carboxylic acids is 1. The fourth-order valence-corrected chi connectivity index (χ4v) is 3.07. The number of carbonyl (C=O) groups is 1. The van der Waals surface area contributed by atoms with Crippen LogP contribution in [0.2, 0.25) is 0 Å². The Bertz CT molecular complexity index is 778. The Morgan fingerprint density at radius 3 is 2.39 bits per heavy atom. The van der Waals surface area contributed by atoms with Crippen LogP contribution >= 0.6 is 39.9 Å². The second-order valence-electron chi connectivity index (χ2n) is 6.48. The Morgan fingerprint density at radius 1 is 1.07 bits per heavy atom. The summed E-state index contributed by atoms with van der Waals surface area (Å²) in [5.41, 5.74) is 3.11. The van der Waals surface area contributed by atoms with Crippen molar-refractivity contribution in [2.75, 3.05) is 27.7 Å². The van der Waals surface area contributed by atoms with Gasteiger partial charge in [-0.05, 0) is 48.2 Å². The van der Waals surface area contributed by atoms with Crippen LogP contribution in [0.25, 0.3) is 0 Å². The molecule has 0 aromatic heterocycles. The largest absolute Gasteiger partial charge is 0.356 e. The zero-order chi connectivity index (χ0) is 19.6. The van der Waals surface area contributed by atoms with Gasteiger partial charge in [-0.15, -0.1) is 24.0 Å². The summed E-state index contributed by atoms with van der Waals surface area (Å²) >= 11 is 3.50. The van der Waals surface area contributed by atoms with Crippen molar-refractivity contribution < 1.29 is 4.79 Å². The van der Waals surface area contributed by atoms with Gasteiger partial charge in [0.2, 0.25) is 0 Å². The number of hydrogen-bond acceptors (Lipinski definition) is 2. The molecule has 0 heterocycles. The number of hydrogen-bond donors (Lipinski definition) is 2. The zero-order valence-electron chi connectivity index (χ0n) is 16.5. The van der Waals surface area contributed by atoms with Gasteiger partial charge in [0, 0.05) is 44.3 Å². The summed E-state index contributed by atoms with van der Waals surface area (Å²) in [6.07, 6.45) is 2.04. The summed E-state index contributed by atoms with van der Waals surface area (Å²) in [5, 5.41) is 6.64. The van der Waals surface area contributed by atoms with E-state index in [4.69, 9.17) is 0 Å². The van der Waals surface area contributed by atoms with Crippen molar-refractivity contribution in [3.63, 3.8) is 0 Å². The van der Waals surface area contributed by atoms with Crippen molar-refractivity contribution in [2.24, 2.45) is 4.99 Å². The molecule has 0 unspecified atom stereocenters. The van der Waals surface area contributed by atoms with Crippen LogP contribution in [0.3, 0.4) is 0 Å². The van der Waals surface area contributed by atoms with E-state index in [0.717, 1.165) is 35.4 Å². The summed E-state index contributed by atoms with van der Waals surface area (Å²) < 4.78 is 1.11. The Balaban J connectivity index is 0.00000392.